The molecule has 7 heteroatoms. The van der Waals surface area contributed by atoms with Gasteiger partial charge in [0, 0.05) is 5.38 Å². The van der Waals surface area contributed by atoms with E-state index in [9.17, 15) is 9.90 Å². The summed E-state index contributed by atoms with van der Waals surface area (Å²) < 4.78 is 5.03. The van der Waals surface area contributed by atoms with Crippen LogP contribution in [0.3, 0.4) is 0 Å². The van der Waals surface area contributed by atoms with Gasteiger partial charge in [0.1, 0.15) is 5.75 Å². The number of hydrogen-bond donors (Lipinski definition) is 2. The first kappa shape index (κ1) is 17.0. The first-order chi connectivity index (χ1) is 9.60. The highest BCUT2D eigenvalue weighted by Gasteiger charge is 2.16. The molecule has 1 aromatic carbocycles. The van der Waals surface area contributed by atoms with E-state index in [1.807, 2.05) is 0 Å². The molecule has 0 aliphatic heterocycles. The maximum atomic E-state index is 12.0. The van der Waals surface area contributed by atoms with E-state index in [4.69, 9.17) is 10.5 Å². The number of anilines is 1. The largest absolute Gasteiger partial charge is 0.508 e. The average Bonchev–Trinajstić information content (AvgIpc) is 2.84. The third-order valence-electron chi connectivity index (χ3n) is 2.50. The van der Waals surface area contributed by atoms with Gasteiger partial charge in [-0.3, -0.25) is 0 Å². The van der Waals surface area contributed by atoms with Crippen molar-refractivity contribution in [2.45, 2.75) is 6.92 Å². The number of rotatable bonds is 4. The van der Waals surface area contributed by atoms with Crippen LogP contribution in [0.1, 0.15) is 18.2 Å². The molecule has 1 heterocycles. The highest BCUT2D eigenvalue weighted by molar-refractivity contribution is 7.13. The summed E-state index contributed by atoms with van der Waals surface area (Å²) in [7, 11) is 0. The van der Waals surface area contributed by atoms with Crippen molar-refractivity contribution in [1.82, 2.24) is 4.98 Å². The fraction of sp³-hybridized carbons (Fsp3) is 0.143. The number of hydrogen-bond acceptors (Lipinski definition) is 6. The Hall–Kier alpha value is -2.05. The van der Waals surface area contributed by atoms with Crippen LogP contribution in [0.5, 0.6) is 5.75 Å². The number of carbonyl (C=O) groups excluding carboxylic acids is 1. The number of nitrogens with two attached hydrogens (primary N) is 1. The Morgan fingerprint density at radius 2 is 2.10 bits per heavy atom. The van der Waals surface area contributed by atoms with Crippen molar-refractivity contribution >= 4 is 46.5 Å². The van der Waals surface area contributed by atoms with Crippen LogP contribution in [-0.2, 0) is 9.53 Å². The minimum absolute atomic E-state index is 0. The fourth-order valence-corrected chi connectivity index (χ4v) is 2.16. The molecule has 0 unspecified atom stereocenters. The number of thiazole rings is 1. The molecule has 3 N–H and O–H groups in total. The Balaban J connectivity index is 0.00000220. The van der Waals surface area contributed by atoms with E-state index in [1.54, 1.807) is 42.6 Å². The summed E-state index contributed by atoms with van der Waals surface area (Å²) >= 11 is 1.26. The van der Waals surface area contributed by atoms with Crippen LogP contribution in [0, 0.1) is 0 Å². The second-order valence-electron chi connectivity index (χ2n) is 3.94. The second-order valence-corrected chi connectivity index (χ2v) is 4.83. The molecule has 0 saturated heterocycles. The summed E-state index contributed by atoms with van der Waals surface area (Å²) in [5, 5.41) is 11.4. The number of esters is 1. The van der Waals surface area contributed by atoms with Gasteiger partial charge in [0.2, 0.25) is 0 Å². The molecule has 0 radical (unpaired) electrons. The molecule has 2 aromatic rings. The van der Waals surface area contributed by atoms with Crippen molar-refractivity contribution in [3.05, 3.63) is 40.9 Å². The van der Waals surface area contributed by atoms with Gasteiger partial charge in [0.05, 0.1) is 17.9 Å². The van der Waals surface area contributed by atoms with E-state index < -0.39 is 5.97 Å². The predicted molar refractivity (Wildman–Crippen MR) is 86.4 cm³/mol. The lowest BCUT2D eigenvalue weighted by Gasteiger charge is -2.05. The predicted octanol–water partition coefficient (Wildman–Crippen LogP) is 2.96. The maximum Gasteiger partial charge on any atom is 0.340 e. The number of aromatic hydroxyl groups is 1. The van der Waals surface area contributed by atoms with Crippen LogP contribution < -0.4 is 5.73 Å². The molecule has 0 saturated carbocycles. The number of carbonyl (C=O) groups is 1. The molecule has 0 amide bonds. The maximum absolute atomic E-state index is 12.0. The first-order valence-electron chi connectivity index (χ1n) is 5.99. The van der Waals surface area contributed by atoms with Gasteiger partial charge in [-0.2, -0.15) is 0 Å². The summed E-state index contributed by atoms with van der Waals surface area (Å²) in [4.78, 5) is 16.1. The Labute approximate surface area is 132 Å². The van der Waals surface area contributed by atoms with Crippen LogP contribution in [0.25, 0.3) is 11.6 Å². The summed E-state index contributed by atoms with van der Waals surface area (Å²) in [6.07, 6.45) is 1.66. The summed E-state index contributed by atoms with van der Waals surface area (Å²) in [5.74, 6) is -0.288. The molecule has 112 valence electrons. The molecule has 1 aromatic heterocycles. The number of aromatic nitrogens is 1. The van der Waals surface area contributed by atoms with E-state index in [1.165, 1.54) is 11.3 Å². The van der Waals surface area contributed by atoms with Crippen molar-refractivity contribution < 1.29 is 14.6 Å². The lowest BCUT2D eigenvalue weighted by atomic mass is 10.1. The van der Waals surface area contributed by atoms with Gasteiger partial charge in [-0.05, 0) is 30.7 Å². The van der Waals surface area contributed by atoms with Crippen LogP contribution in [0.2, 0.25) is 0 Å². The monoisotopic (exact) mass is 326 g/mol. The number of benzene rings is 1. The third kappa shape index (κ3) is 4.47. The molecular formula is C14H15ClN2O3S. The molecule has 0 aliphatic rings. The van der Waals surface area contributed by atoms with Crippen molar-refractivity contribution in [3.63, 3.8) is 0 Å². The quantitative estimate of drug-likeness (QED) is 0.666. The number of nitrogens with zero attached hydrogens (tertiary/aromatic N) is 1. The average molecular weight is 327 g/mol. The van der Waals surface area contributed by atoms with Gasteiger partial charge in [0.15, 0.2) is 5.13 Å². The van der Waals surface area contributed by atoms with Crippen molar-refractivity contribution in [2.75, 3.05) is 12.3 Å². The molecule has 2 rings (SSSR count). The third-order valence-corrected chi connectivity index (χ3v) is 3.17. The molecule has 21 heavy (non-hydrogen) atoms. The van der Waals surface area contributed by atoms with E-state index >= 15 is 0 Å². The Morgan fingerprint density at radius 1 is 1.43 bits per heavy atom. The molecule has 5 nitrogen and oxygen atoms in total. The van der Waals surface area contributed by atoms with Crippen LogP contribution >= 0.6 is 23.7 Å². The second kappa shape index (κ2) is 7.66. The van der Waals surface area contributed by atoms with Crippen LogP contribution in [-0.4, -0.2) is 22.7 Å². The standard InChI is InChI=1S/C14H14N2O3S.ClH/c1-2-19-13(18)11(12-8-20-14(15)16-12)7-9-3-5-10(17)6-4-9;/h3-8,17H,2H2,1H3,(H2,15,16);1H. The van der Waals surface area contributed by atoms with Gasteiger partial charge in [-0.25, -0.2) is 9.78 Å². The fourth-order valence-electron chi connectivity index (χ4n) is 1.59. The lowest BCUT2D eigenvalue weighted by Crippen LogP contribution is -2.07. The molecule has 0 bridgehead atoms. The SMILES string of the molecule is CCOC(=O)C(=Cc1ccc(O)cc1)c1csc(N)n1.Cl. The van der Waals surface area contributed by atoms with Crippen molar-refractivity contribution in [1.29, 1.82) is 0 Å². The van der Waals surface area contributed by atoms with Gasteiger partial charge in [-0.15, -0.1) is 23.7 Å². The highest BCUT2D eigenvalue weighted by Crippen LogP contribution is 2.23. The number of ether oxygens (including phenoxy) is 1. The van der Waals surface area contributed by atoms with Gasteiger partial charge in [-0.1, -0.05) is 12.1 Å². The smallest absolute Gasteiger partial charge is 0.340 e. The van der Waals surface area contributed by atoms with Gasteiger partial charge in [0.25, 0.3) is 0 Å². The molecule has 0 atom stereocenters. The van der Waals surface area contributed by atoms with Crippen molar-refractivity contribution in [3.8, 4) is 5.75 Å². The van der Waals surface area contributed by atoms with E-state index in [-0.39, 0.29) is 24.8 Å². The number of phenolic OH excluding ortho intramolecular Hbond substituents is 1. The highest BCUT2D eigenvalue weighted by atomic mass is 35.5. The van der Waals surface area contributed by atoms with Crippen LogP contribution in [0.4, 0.5) is 5.13 Å². The zero-order chi connectivity index (χ0) is 14.5. The normalized spacial score (nSPS) is 10.8. The number of phenols is 1. The first-order valence-corrected chi connectivity index (χ1v) is 6.87. The van der Waals surface area contributed by atoms with E-state index in [2.05, 4.69) is 4.98 Å². The Morgan fingerprint density at radius 3 is 2.62 bits per heavy atom. The summed E-state index contributed by atoms with van der Waals surface area (Å²) in [6.45, 7) is 2.02. The lowest BCUT2D eigenvalue weighted by molar-refractivity contribution is -0.136. The zero-order valence-corrected chi connectivity index (χ0v) is 12.9. The minimum Gasteiger partial charge on any atom is -0.508 e. The number of nitrogen functional groups attached to an aromatic ring is 1. The van der Waals surface area contributed by atoms with Gasteiger partial charge >= 0.3 is 5.97 Å². The molecule has 0 spiro atoms. The van der Waals surface area contributed by atoms with Gasteiger partial charge < -0.3 is 15.6 Å². The summed E-state index contributed by atoms with van der Waals surface area (Å²) in [6, 6.07) is 6.49. The van der Waals surface area contributed by atoms with Crippen LogP contribution in [0.15, 0.2) is 29.6 Å². The topological polar surface area (TPSA) is 85.4 Å². The Kier molecular flexibility index (Phi) is 6.20. The molecule has 0 aliphatic carbocycles. The molecular weight excluding hydrogens is 312 g/mol. The van der Waals surface area contributed by atoms with Crippen molar-refractivity contribution in [2.24, 2.45) is 0 Å². The van der Waals surface area contributed by atoms with E-state index in [0.29, 0.717) is 16.4 Å². The summed E-state index contributed by atoms with van der Waals surface area (Å²) in [5.41, 5.74) is 7.18. The Bertz CT molecular complexity index is 638. The molecule has 0 fully saturated rings. The minimum atomic E-state index is -0.453. The number of halogens is 1. The zero-order valence-electron chi connectivity index (χ0n) is 11.3. The van der Waals surface area contributed by atoms with E-state index in [0.717, 1.165) is 5.56 Å².